The first-order valence-electron chi connectivity index (χ1n) is 16.3. The zero-order valence-electron chi connectivity index (χ0n) is 27.2. The second kappa shape index (κ2) is 13.4. The maximum atomic E-state index is 15.5. The van der Waals surface area contributed by atoms with Gasteiger partial charge >= 0.3 is 0 Å². The molecule has 3 aromatic rings. The van der Waals surface area contributed by atoms with Gasteiger partial charge in [0.1, 0.15) is 17.0 Å². The largest absolute Gasteiger partial charge is 0.351 e. The van der Waals surface area contributed by atoms with Crippen LogP contribution in [-0.4, -0.2) is 79.9 Å². The minimum absolute atomic E-state index is 0.150. The van der Waals surface area contributed by atoms with Crippen LogP contribution in [0.2, 0.25) is 0 Å². The Kier molecular flexibility index (Phi) is 9.50. The van der Waals surface area contributed by atoms with Crippen LogP contribution < -0.4 is 14.9 Å². The first-order chi connectivity index (χ1) is 22.5. The van der Waals surface area contributed by atoms with E-state index in [2.05, 4.69) is 45.8 Å². The number of nitrogens with zero attached hydrogens (tertiary/aromatic N) is 5. The van der Waals surface area contributed by atoms with Crippen LogP contribution in [0, 0.1) is 11.6 Å². The molecule has 1 saturated heterocycles. The van der Waals surface area contributed by atoms with Crippen molar-refractivity contribution in [1.82, 2.24) is 19.8 Å². The Hall–Kier alpha value is -3.68. The highest BCUT2D eigenvalue weighted by Gasteiger charge is 2.51. The van der Waals surface area contributed by atoms with Crippen molar-refractivity contribution in [2.75, 3.05) is 48.7 Å². The number of sulfonamides is 1. The van der Waals surface area contributed by atoms with Gasteiger partial charge < -0.3 is 20.0 Å². The summed E-state index contributed by atoms with van der Waals surface area (Å²) in [7, 11) is 0.256. The molecule has 2 N–H and O–H groups in total. The Labute approximate surface area is 275 Å². The number of hydrogen-bond donors (Lipinski definition) is 2. The second-order valence-electron chi connectivity index (χ2n) is 13.3. The number of amides is 1. The maximum absolute atomic E-state index is 15.5. The maximum Gasteiger partial charge on any atom is 0.240 e. The van der Waals surface area contributed by atoms with Gasteiger partial charge in [-0.25, -0.2) is 27.2 Å². The lowest BCUT2D eigenvalue weighted by Crippen LogP contribution is -2.59. The van der Waals surface area contributed by atoms with Crippen LogP contribution >= 0.6 is 0 Å². The molecule has 3 aliphatic rings. The number of rotatable bonds is 9. The highest BCUT2D eigenvalue weighted by atomic mass is 32.2. The number of fused-ring (bicyclic) bond motifs is 2. The zero-order valence-corrected chi connectivity index (χ0v) is 28.0. The van der Waals surface area contributed by atoms with E-state index in [1.54, 1.807) is 17.2 Å². The quantitative estimate of drug-likeness (QED) is 0.333. The first kappa shape index (κ1) is 33.2. The van der Waals surface area contributed by atoms with Crippen LogP contribution in [0.3, 0.4) is 0 Å². The van der Waals surface area contributed by atoms with Gasteiger partial charge in [-0.15, -0.1) is 0 Å². The summed E-state index contributed by atoms with van der Waals surface area (Å²) >= 11 is 0. The van der Waals surface area contributed by atoms with Gasteiger partial charge in [-0.3, -0.25) is 9.52 Å². The molecule has 1 amide bonds. The van der Waals surface area contributed by atoms with Crippen LogP contribution in [0.1, 0.15) is 62.3 Å². The lowest BCUT2D eigenvalue weighted by Gasteiger charge is -2.47. The molecular weight excluding hydrogens is 624 g/mol. The van der Waals surface area contributed by atoms with E-state index in [-0.39, 0.29) is 24.2 Å². The Balaban J connectivity index is 1.25. The number of hydrogen-bond acceptors (Lipinski definition) is 8. The minimum Gasteiger partial charge on any atom is -0.351 e. The van der Waals surface area contributed by atoms with Crippen molar-refractivity contribution in [3.8, 4) is 0 Å². The normalized spacial score (nSPS) is 23.6. The van der Waals surface area contributed by atoms with Crippen molar-refractivity contribution >= 4 is 33.3 Å². The molecule has 1 atom stereocenters. The van der Waals surface area contributed by atoms with Crippen LogP contribution in [-0.2, 0) is 32.5 Å². The standard InChI is InChI=1S/C34H43F2N7O3S/c1-4-42-17-5-16-34(22-42)31-24(19-37-33(39-31)38-26-10-12-27(13-11-26)41(2)3)20-43(32(34)44)28-14-15-30(29(36)18-28)40-47(45,46)21-23-6-8-25(35)9-7-23/h6-9,14-15,18-19,26-27,40H,4-5,10-13,16-17,20-22H2,1-3H3,(H,37,38,39). The fraction of sp³-hybridized carbons (Fsp3) is 0.500. The first-order valence-corrected chi connectivity index (χ1v) is 18.0. The summed E-state index contributed by atoms with van der Waals surface area (Å²) in [6.45, 7) is 4.42. The molecule has 47 heavy (non-hydrogen) atoms. The average Bonchev–Trinajstić information content (AvgIpc) is 3.05. The van der Waals surface area contributed by atoms with E-state index in [1.165, 1.54) is 36.4 Å². The number of likely N-dealkylation sites (tertiary alicyclic amines) is 1. The molecule has 10 nitrogen and oxygen atoms in total. The number of likely N-dealkylation sites (N-methyl/N-ethyl adjacent to an activating group) is 1. The summed E-state index contributed by atoms with van der Waals surface area (Å²) in [6, 6.07) is 10.00. The molecule has 13 heteroatoms. The number of carbonyl (C=O) groups is 1. The van der Waals surface area contributed by atoms with Crippen molar-refractivity contribution in [1.29, 1.82) is 0 Å². The zero-order chi connectivity index (χ0) is 33.3. The van der Waals surface area contributed by atoms with E-state index in [0.29, 0.717) is 36.2 Å². The summed E-state index contributed by atoms with van der Waals surface area (Å²) < 4.78 is 56.6. The van der Waals surface area contributed by atoms with Crippen LogP contribution in [0.15, 0.2) is 48.7 Å². The van der Waals surface area contributed by atoms with Crippen molar-refractivity contribution in [3.05, 3.63) is 77.1 Å². The van der Waals surface area contributed by atoms with Crippen molar-refractivity contribution in [3.63, 3.8) is 0 Å². The molecule has 1 aromatic heterocycles. The molecule has 2 fully saturated rings. The van der Waals surface area contributed by atoms with Gasteiger partial charge in [0.05, 0.1) is 23.7 Å². The Bertz CT molecular complexity index is 1720. The topological polar surface area (TPSA) is 111 Å². The predicted octanol–water partition coefficient (Wildman–Crippen LogP) is 4.88. The van der Waals surface area contributed by atoms with E-state index in [4.69, 9.17) is 4.98 Å². The summed E-state index contributed by atoms with van der Waals surface area (Å²) in [6.07, 6.45) is 7.46. The number of piperidine rings is 1. The predicted molar refractivity (Wildman–Crippen MR) is 179 cm³/mol. The van der Waals surface area contributed by atoms with Gasteiger partial charge in [-0.1, -0.05) is 19.1 Å². The minimum atomic E-state index is -3.99. The molecule has 1 spiro atoms. The lowest BCUT2D eigenvalue weighted by atomic mass is 9.72. The summed E-state index contributed by atoms with van der Waals surface area (Å²) in [4.78, 5) is 30.3. The van der Waals surface area contributed by atoms with E-state index in [0.717, 1.165) is 56.5 Å². The fourth-order valence-corrected chi connectivity index (χ4v) is 8.48. The number of nitrogens with one attached hydrogen (secondary N) is 2. The molecule has 1 unspecified atom stereocenters. The Morgan fingerprint density at radius 3 is 2.49 bits per heavy atom. The Morgan fingerprint density at radius 2 is 1.81 bits per heavy atom. The van der Waals surface area contributed by atoms with Crippen molar-refractivity contribution in [2.45, 2.75) is 75.2 Å². The molecule has 252 valence electrons. The van der Waals surface area contributed by atoms with Crippen molar-refractivity contribution < 1.29 is 22.0 Å². The van der Waals surface area contributed by atoms with Gasteiger partial charge in [0.15, 0.2) is 0 Å². The highest BCUT2D eigenvalue weighted by molar-refractivity contribution is 7.91. The van der Waals surface area contributed by atoms with E-state index >= 15 is 4.39 Å². The number of aromatic nitrogens is 2. The number of carbonyl (C=O) groups excluding carboxylic acids is 1. The fourth-order valence-electron chi connectivity index (χ4n) is 7.28. The van der Waals surface area contributed by atoms with E-state index in [1.807, 2.05) is 0 Å². The molecule has 2 aliphatic heterocycles. The number of benzene rings is 2. The van der Waals surface area contributed by atoms with Crippen LogP contribution in [0.5, 0.6) is 0 Å². The molecular formula is C34H43F2N7O3S. The molecule has 2 aromatic carbocycles. The monoisotopic (exact) mass is 667 g/mol. The second-order valence-corrected chi connectivity index (χ2v) is 15.0. The molecule has 1 saturated carbocycles. The van der Waals surface area contributed by atoms with Crippen molar-refractivity contribution in [2.24, 2.45) is 0 Å². The van der Waals surface area contributed by atoms with E-state index in [9.17, 15) is 17.6 Å². The van der Waals surface area contributed by atoms with E-state index < -0.39 is 32.8 Å². The van der Waals surface area contributed by atoms with Gasteiger partial charge in [0.2, 0.25) is 21.9 Å². The smallest absolute Gasteiger partial charge is 0.240 e. The third-order valence-electron chi connectivity index (χ3n) is 9.88. The third-order valence-corrected chi connectivity index (χ3v) is 11.1. The molecule has 3 heterocycles. The van der Waals surface area contributed by atoms with Gasteiger partial charge in [-0.2, -0.15) is 0 Å². The van der Waals surface area contributed by atoms with Gasteiger partial charge in [0.25, 0.3) is 0 Å². The number of halogens is 2. The van der Waals surface area contributed by atoms with Gasteiger partial charge in [-0.05, 0) is 102 Å². The molecule has 0 radical (unpaired) electrons. The Morgan fingerprint density at radius 1 is 1.06 bits per heavy atom. The molecule has 1 aliphatic carbocycles. The highest BCUT2D eigenvalue weighted by Crippen LogP contribution is 2.43. The molecule has 6 rings (SSSR count). The summed E-state index contributed by atoms with van der Waals surface area (Å²) in [5.41, 5.74) is 1.09. The average molecular weight is 668 g/mol. The lowest BCUT2D eigenvalue weighted by molar-refractivity contribution is -0.127. The summed E-state index contributed by atoms with van der Waals surface area (Å²) in [5, 5.41) is 3.54. The van der Waals surface area contributed by atoms with Gasteiger partial charge in [0, 0.05) is 36.1 Å². The SMILES string of the molecule is CCN1CCCC2(C1)C(=O)N(c1ccc(NS(=O)(=O)Cc3ccc(F)cc3)c(F)c1)Cc1cnc(NC3CCC(N(C)C)CC3)nc12. The summed E-state index contributed by atoms with van der Waals surface area (Å²) in [5.74, 6) is -1.34. The number of anilines is 3. The van der Waals surface area contributed by atoms with Crippen LogP contribution in [0.25, 0.3) is 0 Å². The van der Waals surface area contributed by atoms with Crippen LogP contribution in [0.4, 0.5) is 26.1 Å². The third kappa shape index (κ3) is 7.12. The molecule has 0 bridgehead atoms.